The second kappa shape index (κ2) is 5.44. The number of nitrogen functional groups attached to an aromatic ring is 2. The molecule has 7 nitrogen and oxygen atoms in total. The summed E-state index contributed by atoms with van der Waals surface area (Å²) in [7, 11) is 0. The summed E-state index contributed by atoms with van der Waals surface area (Å²) in [5, 5.41) is 0. The second-order valence-electron chi connectivity index (χ2n) is 4.82. The van der Waals surface area contributed by atoms with Gasteiger partial charge in [-0.05, 0) is 31.5 Å². The lowest BCUT2D eigenvalue weighted by Gasteiger charge is -2.09. The third kappa shape index (κ3) is 2.48. The molecule has 0 bridgehead atoms. The summed E-state index contributed by atoms with van der Waals surface area (Å²) in [5.41, 5.74) is 15.7. The molecule has 22 heavy (non-hydrogen) atoms. The molecule has 0 aliphatic carbocycles. The SMILES string of the molecule is CCOc1nc(N)nc2ncc(-c3ccc(N)cc3C)nc12. The van der Waals surface area contributed by atoms with Gasteiger partial charge in [-0.25, -0.2) is 9.97 Å². The number of ether oxygens (including phenoxy) is 1. The minimum Gasteiger partial charge on any atom is -0.476 e. The number of benzene rings is 1. The van der Waals surface area contributed by atoms with E-state index in [1.54, 1.807) is 6.20 Å². The highest BCUT2D eigenvalue weighted by atomic mass is 16.5. The summed E-state index contributed by atoms with van der Waals surface area (Å²) in [4.78, 5) is 17.1. The molecule has 3 rings (SSSR count). The molecule has 2 heterocycles. The van der Waals surface area contributed by atoms with Crippen LogP contribution in [0.4, 0.5) is 11.6 Å². The molecule has 0 radical (unpaired) electrons. The fraction of sp³-hybridized carbons (Fsp3) is 0.200. The molecule has 3 aromatic rings. The summed E-state index contributed by atoms with van der Waals surface area (Å²) >= 11 is 0. The largest absolute Gasteiger partial charge is 0.476 e. The maximum absolute atomic E-state index is 5.79. The van der Waals surface area contributed by atoms with Crippen molar-refractivity contribution in [2.24, 2.45) is 0 Å². The molecule has 1 aromatic carbocycles. The summed E-state index contributed by atoms with van der Waals surface area (Å²) in [6.45, 7) is 4.30. The van der Waals surface area contributed by atoms with Gasteiger partial charge >= 0.3 is 0 Å². The molecule has 0 unspecified atom stereocenters. The van der Waals surface area contributed by atoms with Gasteiger partial charge in [0.15, 0.2) is 11.2 Å². The molecule has 0 spiro atoms. The first-order chi connectivity index (χ1) is 10.6. The van der Waals surface area contributed by atoms with Crippen molar-refractivity contribution in [3.63, 3.8) is 0 Å². The fourth-order valence-electron chi connectivity index (χ4n) is 2.24. The van der Waals surface area contributed by atoms with Crippen molar-refractivity contribution in [1.82, 2.24) is 19.9 Å². The molecule has 0 aliphatic heterocycles. The third-order valence-electron chi connectivity index (χ3n) is 3.20. The van der Waals surface area contributed by atoms with Gasteiger partial charge in [0.2, 0.25) is 11.8 Å². The van der Waals surface area contributed by atoms with E-state index in [9.17, 15) is 0 Å². The van der Waals surface area contributed by atoms with Crippen molar-refractivity contribution >= 4 is 22.8 Å². The highest BCUT2D eigenvalue weighted by molar-refractivity contribution is 5.80. The van der Waals surface area contributed by atoms with E-state index >= 15 is 0 Å². The number of rotatable bonds is 3. The van der Waals surface area contributed by atoms with Gasteiger partial charge in [0.25, 0.3) is 0 Å². The molecule has 0 amide bonds. The van der Waals surface area contributed by atoms with E-state index < -0.39 is 0 Å². The Hall–Kier alpha value is -2.96. The van der Waals surface area contributed by atoms with E-state index in [0.29, 0.717) is 35.0 Å². The molecular formula is C15H16N6O. The Balaban J connectivity index is 2.20. The summed E-state index contributed by atoms with van der Waals surface area (Å²) < 4.78 is 5.49. The number of hydrogen-bond donors (Lipinski definition) is 2. The van der Waals surface area contributed by atoms with Crippen LogP contribution in [0.5, 0.6) is 5.88 Å². The zero-order chi connectivity index (χ0) is 15.7. The van der Waals surface area contributed by atoms with Crippen LogP contribution in [0.25, 0.3) is 22.4 Å². The van der Waals surface area contributed by atoms with Gasteiger partial charge < -0.3 is 16.2 Å². The average molecular weight is 296 g/mol. The molecule has 0 aliphatic rings. The highest BCUT2D eigenvalue weighted by Crippen LogP contribution is 2.27. The third-order valence-corrected chi connectivity index (χ3v) is 3.20. The first-order valence-corrected chi connectivity index (χ1v) is 6.88. The number of fused-ring (bicyclic) bond motifs is 1. The number of hydrogen-bond acceptors (Lipinski definition) is 7. The highest BCUT2D eigenvalue weighted by Gasteiger charge is 2.13. The zero-order valence-electron chi connectivity index (χ0n) is 12.4. The molecule has 0 fully saturated rings. The van der Waals surface area contributed by atoms with E-state index in [4.69, 9.17) is 16.2 Å². The van der Waals surface area contributed by atoms with Crippen LogP contribution in [-0.2, 0) is 0 Å². The first-order valence-electron chi connectivity index (χ1n) is 6.88. The monoisotopic (exact) mass is 296 g/mol. The number of nitrogens with zero attached hydrogens (tertiary/aromatic N) is 4. The van der Waals surface area contributed by atoms with Crippen molar-refractivity contribution in [3.8, 4) is 17.1 Å². The second-order valence-corrected chi connectivity index (χ2v) is 4.82. The van der Waals surface area contributed by atoms with Crippen molar-refractivity contribution < 1.29 is 4.74 Å². The predicted octanol–water partition coefficient (Wildman–Crippen LogP) is 1.96. The number of aryl methyl sites for hydroxylation is 1. The maximum atomic E-state index is 5.79. The van der Waals surface area contributed by atoms with E-state index in [1.165, 1.54) is 0 Å². The lowest BCUT2D eigenvalue weighted by Crippen LogP contribution is -2.04. The lowest BCUT2D eigenvalue weighted by molar-refractivity contribution is 0.330. The molecule has 112 valence electrons. The normalized spacial score (nSPS) is 10.8. The first kappa shape index (κ1) is 14.0. The van der Waals surface area contributed by atoms with Crippen LogP contribution in [0.2, 0.25) is 0 Å². The van der Waals surface area contributed by atoms with Crippen LogP contribution in [0, 0.1) is 6.92 Å². The molecule has 0 saturated carbocycles. The van der Waals surface area contributed by atoms with E-state index in [-0.39, 0.29) is 5.95 Å². The Labute approximate surface area is 127 Å². The standard InChI is InChI=1S/C15H16N6O/c1-3-22-14-12-13(20-15(17)21-14)18-7-11(19-12)10-5-4-9(16)6-8(10)2/h4-7H,3,16H2,1-2H3,(H2,17,18,20,21). The lowest BCUT2D eigenvalue weighted by atomic mass is 10.1. The predicted molar refractivity (Wildman–Crippen MR) is 85.3 cm³/mol. The zero-order valence-corrected chi connectivity index (χ0v) is 12.4. The minimum absolute atomic E-state index is 0.113. The van der Waals surface area contributed by atoms with Gasteiger partial charge in [-0.2, -0.15) is 9.97 Å². The van der Waals surface area contributed by atoms with Crippen LogP contribution >= 0.6 is 0 Å². The molecular weight excluding hydrogens is 280 g/mol. The van der Waals surface area contributed by atoms with Crippen LogP contribution in [0.15, 0.2) is 24.4 Å². The Kier molecular flexibility index (Phi) is 3.46. The van der Waals surface area contributed by atoms with Crippen LogP contribution < -0.4 is 16.2 Å². The summed E-state index contributed by atoms with van der Waals surface area (Å²) in [5.74, 6) is 0.453. The van der Waals surface area contributed by atoms with Gasteiger partial charge in [0.1, 0.15) is 0 Å². The van der Waals surface area contributed by atoms with Crippen molar-refractivity contribution in [1.29, 1.82) is 0 Å². The Bertz CT molecular complexity index is 849. The Morgan fingerprint density at radius 2 is 1.95 bits per heavy atom. The topological polar surface area (TPSA) is 113 Å². The Morgan fingerprint density at radius 1 is 1.14 bits per heavy atom. The average Bonchev–Trinajstić information content (AvgIpc) is 2.47. The maximum Gasteiger partial charge on any atom is 0.247 e. The minimum atomic E-state index is 0.113. The number of nitrogens with two attached hydrogens (primary N) is 2. The van der Waals surface area contributed by atoms with Crippen LogP contribution in [-0.4, -0.2) is 26.5 Å². The molecule has 4 N–H and O–H groups in total. The number of anilines is 2. The van der Waals surface area contributed by atoms with Gasteiger partial charge in [-0.3, -0.25) is 0 Å². The van der Waals surface area contributed by atoms with Crippen molar-refractivity contribution in [2.45, 2.75) is 13.8 Å². The quantitative estimate of drug-likeness (QED) is 0.710. The summed E-state index contributed by atoms with van der Waals surface area (Å²) in [6, 6.07) is 5.64. The fourth-order valence-corrected chi connectivity index (χ4v) is 2.24. The Morgan fingerprint density at radius 3 is 2.68 bits per heavy atom. The van der Waals surface area contributed by atoms with Crippen molar-refractivity contribution in [3.05, 3.63) is 30.0 Å². The summed E-state index contributed by atoms with van der Waals surface area (Å²) in [6.07, 6.45) is 1.66. The van der Waals surface area contributed by atoms with E-state index in [1.807, 2.05) is 32.0 Å². The molecule has 7 heteroatoms. The van der Waals surface area contributed by atoms with Gasteiger partial charge in [0.05, 0.1) is 18.5 Å². The van der Waals surface area contributed by atoms with Gasteiger partial charge in [-0.1, -0.05) is 6.07 Å². The molecule has 2 aromatic heterocycles. The van der Waals surface area contributed by atoms with E-state index in [2.05, 4.69) is 19.9 Å². The van der Waals surface area contributed by atoms with E-state index in [0.717, 1.165) is 11.1 Å². The van der Waals surface area contributed by atoms with Gasteiger partial charge in [0, 0.05) is 11.3 Å². The van der Waals surface area contributed by atoms with Gasteiger partial charge in [-0.15, -0.1) is 0 Å². The van der Waals surface area contributed by atoms with Crippen LogP contribution in [0.3, 0.4) is 0 Å². The molecule has 0 saturated heterocycles. The smallest absolute Gasteiger partial charge is 0.247 e. The molecule has 0 atom stereocenters. The van der Waals surface area contributed by atoms with Crippen LogP contribution in [0.1, 0.15) is 12.5 Å². The number of aromatic nitrogens is 4. The van der Waals surface area contributed by atoms with Crippen molar-refractivity contribution in [2.75, 3.05) is 18.1 Å².